The average Bonchev–Trinajstić information content (AvgIpc) is 2.68. The lowest BCUT2D eigenvalue weighted by atomic mass is 9.97. The Morgan fingerprint density at radius 2 is 1.42 bits per heavy atom. The van der Waals surface area contributed by atoms with Crippen LogP contribution in [0.15, 0.2) is 0 Å². The molecule has 1 aliphatic heterocycles. The van der Waals surface area contributed by atoms with Gasteiger partial charge in [0.1, 0.15) is 12.7 Å². The van der Waals surface area contributed by atoms with Crippen LogP contribution in [0.4, 0.5) is 0 Å². The van der Waals surface area contributed by atoms with Crippen LogP contribution >= 0.6 is 12.2 Å². The van der Waals surface area contributed by atoms with Gasteiger partial charge >= 0.3 is 23.9 Å². The zero-order valence-electron chi connectivity index (χ0n) is 22.2. The molecule has 0 aromatic carbocycles. The largest absolute Gasteiger partial charge is 0.463 e. The zero-order chi connectivity index (χ0) is 27.6. The van der Waals surface area contributed by atoms with Crippen LogP contribution in [-0.4, -0.2) is 97.8 Å². The van der Waals surface area contributed by atoms with E-state index in [1.807, 2.05) is 19.0 Å². The molecule has 1 saturated heterocycles. The lowest BCUT2D eigenvalue weighted by Crippen LogP contribution is -2.67. The molecule has 6 atom stereocenters. The van der Waals surface area contributed by atoms with Crippen molar-refractivity contribution in [2.45, 2.75) is 84.6 Å². The summed E-state index contributed by atoms with van der Waals surface area (Å²) < 4.78 is 27.3. The predicted molar refractivity (Wildman–Crippen MR) is 133 cm³/mol. The van der Waals surface area contributed by atoms with Crippen LogP contribution in [0.25, 0.3) is 0 Å². The van der Waals surface area contributed by atoms with Gasteiger partial charge in [0.2, 0.25) is 0 Å². The summed E-state index contributed by atoms with van der Waals surface area (Å²) in [6, 6.07) is 0.00525. The fraction of sp³-hybridized carbons (Fsp3) is 0.783. The first kappa shape index (κ1) is 31.5. The molecule has 0 aromatic rings. The second kappa shape index (κ2) is 14.9. The number of esters is 4. The summed E-state index contributed by atoms with van der Waals surface area (Å²) in [7, 11) is 3.90. The first-order valence-corrected chi connectivity index (χ1v) is 12.1. The number of rotatable bonds is 11. The van der Waals surface area contributed by atoms with Crippen LogP contribution in [0, 0.1) is 5.92 Å². The molecule has 0 amide bonds. The molecule has 1 aliphatic rings. The summed E-state index contributed by atoms with van der Waals surface area (Å²) in [5.74, 6) is -2.27. The number of hydrogen-bond donors (Lipinski definition) is 2. The fourth-order valence-electron chi connectivity index (χ4n) is 3.89. The van der Waals surface area contributed by atoms with Crippen molar-refractivity contribution in [3.8, 4) is 0 Å². The van der Waals surface area contributed by atoms with Crippen LogP contribution < -0.4 is 10.6 Å². The van der Waals surface area contributed by atoms with E-state index in [0.717, 1.165) is 13.3 Å². The van der Waals surface area contributed by atoms with Gasteiger partial charge in [-0.2, -0.15) is 0 Å². The number of hydrogen-bond acceptors (Lipinski definition) is 11. The Labute approximate surface area is 217 Å². The summed E-state index contributed by atoms with van der Waals surface area (Å²) in [6.07, 6.45) is -5.07. The lowest BCUT2D eigenvalue weighted by molar-refractivity contribution is -0.254. The standard InChI is InChI=1S/C23H39N3O9S/c1-12(2)9-17(10-26(7)8)24-23(36)25-22-21(34-16(6)30)20(33-15(5)29)19(32-14(4)28)18(35-22)11-31-13(3)27/h12,17-22H,9-11H2,1-8H3,(H2,24,25,36)/t17-,18+,19+,20-,21+,22+/m0/s1. The van der Waals surface area contributed by atoms with Crippen molar-refractivity contribution in [1.82, 2.24) is 15.5 Å². The van der Waals surface area contributed by atoms with E-state index >= 15 is 0 Å². The Kier molecular flexibility index (Phi) is 13.1. The van der Waals surface area contributed by atoms with Crippen molar-refractivity contribution in [2.24, 2.45) is 5.92 Å². The third-order valence-electron chi connectivity index (χ3n) is 4.94. The number of nitrogens with zero attached hydrogens (tertiary/aromatic N) is 1. The van der Waals surface area contributed by atoms with Gasteiger partial charge in [-0.05, 0) is 38.7 Å². The maximum Gasteiger partial charge on any atom is 0.303 e. The summed E-state index contributed by atoms with van der Waals surface area (Å²) in [4.78, 5) is 49.2. The monoisotopic (exact) mass is 533 g/mol. The molecule has 1 fully saturated rings. The van der Waals surface area contributed by atoms with E-state index in [1.165, 1.54) is 20.8 Å². The van der Waals surface area contributed by atoms with Crippen LogP contribution in [0.1, 0.15) is 48.0 Å². The Bertz CT molecular complexity index is 783. The Morgan fingerprint density at radius 3 is 1.89 bits per heavy atom. The van der Waals surface area contributed by atoms with E-state index in [2.05, 4.69) is 24.5 Å². The van der Waals surface area contributed by atoms with Crippen molar-refractivity contribution in [3.05, 3.63) is 0 Å². The highest BCUT2D eigenvalue weighted by Gasteiger charge is 2.52. The first-order valence-electron chi connectivity index (χ1n) is 11.7. The molecule has 0 saturated carbocycles. The summed E-state index contributed by atoms with van der Waals surface area (Å²) >= 11 is 5.51. The molecule has 0 radical (unpaired) electrons. The van der Waals surface area contributed by atoms with E-state index in [9.17, 15) is 19.2 Å². The van der Waals surface area contributed by atoms with E-state index in [4.69, 9.17) is 35.9 Å². The van der Waals surface area contributed by atoms with E-state index in [0.29, 0.717) is 12.5 Å². The quantitative estimate of drug-likeness (QED) is 0.217. The first-order chi connectivity index (χ1) is 16.7. The Hall–Kier alpha value is -2.51. The average molecular weight is 534 g/mol. The minimum atomic E-state index is -1.27. The highest BCUT2D eigenvalue weighted by atomic mass is 32.1. The highest BCUT2D eigenvalue weighted by molar-refractivity contribution is 7.80. The molecular formula is C23H39N3O9S. The van der Waals surface area contributed by atoms with Gasteiger partial charge in [-0.25, -0.2) is 0 Å². The number of carbonyl (C=O) groups is 4. The number of nitrogens with one attached hydrogen (secondary N) is 2. The van der Waals surface area contributed by atoms with Gasteiger partial charge in [0.05, 0.1) is 0 Å². The fourth-order valence-corrected chi connectivity index (χ4v) is 4.17. The van der Waals surface area contributed by atoms with Crippen LogP contribution in [0.5, 0.6) is 0 Å². The molecule has 206 valence electrons. The molecule has 13 heteroatoms. The third-order valence-corrected chi connectivity index (χ3v) is 5.18. The summed E-state index contributed by atoms with van der Waals surface area (Å²) in [5.41, 5.74) is 0. The number of thiocarbonyl (C=S) groups is 1. The molecule has 2 N–H and O–H groups in total. The van der Waals surface area contributed by atoms with Gasteiger partial charge < -0.3 is 39.2 Å². The van der Waals surface area contributed by atoms with E-state index < -0.39 is 54.5 Å². The van der Waals surface area contributed by atoms with Crippen molar-refractivity contribution >= 4 is 41.2 Å². The van der Waals surface area contributed by atoms with Gasteiger partial charge in [-0.1, -0.05) is 13.8 Å². The normalized spacial score (nSPS) is 24.4. The zero-order valence-corrected chi connectivity index (χ0v) is 23.0. The molecule has 1 heterocycles. The minimum Gasteiger partial charge on any atom is -0.463 e. The van der Waals surface area contributed by atoms with Crippen molar-refractivity contribution in [1.29, 1.82) is 0 Å². The maximum atomic E-state index is 11.9. The second-order valence-corrected chi connectivity index (χ2v) is 9.73. The molecule has 36 heavy (non-hydrogen) atoms. The van der Waals surface area contributed by atoms with Crippen molar-refractivity contribution < 1.29 is 42.9 Å². The Balaban J connectivity index is 3.28. The van der Waals surface area contributed by atoms with Gasteiger partial charge in [0, 0.05) is 40.3 Å². The summed E-state index contributed by atoms with van der Waals surface area (Å²) in [5, 5.41) is 6.43. The molecular weight excluding hydrogens is 494 g/mol. The summed E-state index contributed by atoms with van der Waals surface area (Å²) in [6.45, 7) is 9.31. The smallest absolute Gasteiger partial charge is 0.303 e. The van der Waals surface area contributed by atoms with Gasteiger partial charge in [0.25, 0.3) is 0 Å². The number of carbonyl (C=O) groups excluding carboxylic acids is 4. The van der Waals surface area contributed by atoms with Gasteiger partial charge in [-0.3, -0.25) is 19.2 Å². The van der Waals surface area contributed by atoms with Crippen molar-refractivity contribution in [2.75, 3.05) is 27.2 Å². The highest BCUT2D eigenvalue weighted by Crippen LogP contribution is 2.28. The molecule has 1 rings (SSSR count). The number of likely N-dealkylation sites (N-methyl/N-ethyl adjacent to an activating group) is 1. The van der Waals surface area contributed by atoms with Crippen LogP contribution in [0.2, 0.25) is 0 Å². The minimum absolute atomic E-state index is 0.00525. The van der Waals surface area contributed by atoms with Crippen LogP contribution in [-0.2, 0) is 42.9 Å². The molecule has 0 aromatic heterocycles. The van der Waals surface area contributed by atoms with Crippen molar-refractivity contribution in [3.63, 3.8) is 0 Å². The van der Waals surface area contributed by atoms with E-state index in [1.54, 1.807) is 0 Å². The second-order valence-electron chi connectivity index (χ2n) is 9.33. The Morgan fingerprint density at radius 1 is 0.889 bits per heavy atom. The van der Waals surface area contributed by atoms with Crippen LogP contribution in [0.3, 0.4) is 0 Å². The molecule has 0 bridgehead atoms. The van der Waals surface area contributed by atoms with E-state index in [-0.39, 0.29) is 17.8 Å². The lowest BCUT2D eigenvalue weighted by Gasteiger charge is -2.44. The molecule has 0 unspecified atom stereocenters. The van der Waals surface area contributed by atoms with Gasteiger partial charge in [-0.15, -0.1) is 0 Å². The number of ether oxygens (including phenoxy) is 5. The predicted octanol–water partition coefficient (Wildman–Crippen LogP) is 0.510. The SMILES string of the molecule is CC(=O)OC[C@H]1O[C@@H](NC(=S)N[C@@H](CC(C)C)CN(C)C)[C@H](OC(C)=O)[C@@H](OC(C)=O)[C@@H]1OC(C)=O. The molecule has 0 spiro atoms. The maximum absolute atomic E-state index is 11.9. The molecule has 12 nitrogen and oxygen atoms in total. The van der Waals surface area contributed by atoms with Gasteiger partial charge in [0.15, 0.2) is 29.7 Å². The third kappa shape index (κ3) is 11.5. The molecule has 0 aliphatic carbocycles. The topological polar surface area (TPSA) is 142 Å².